The number of nitrogens with one attached hydrogen (secondary N) is 1. The first-order valence-electron chi connectivity index (χ1n) is 6.22. The van der Waals surface area contributed by atoms with Crippen LogP contribution in [-0.2, 0) is 10.3 Å². The molecule has 0 aromatic heterocycles. The standard InChI is InChI=1S/C14H20N2O2/c1-14(13(17)18,15-11-6-7-11)10-4-8-12(9-5-10)16(2)3/h4-5,8-9,11,15H,6-7H2,1-3H3,(H,17,18). The van der Waals surface area contributed by atoms with Crippen molar-refractivity contribution in [3.05, 3.63) is 29.8 Å². The van der Waals surface area contributed by atoms with Crippen LogP contribution in [-0.4, -0.2) is 31.2 Å². The molecule has 0 radical (unpaired) electrons. The molecular formula is C14H20N2O2. The summed E-state index contributed by atoms with van der Waals surface area (Å²) in [6, 6.07) is 8.02. The molecule has 98 valence electrons. The second-order valence-corrected chi connectivity index (χ2v) is 5.29. The first kappa shape index (κ1) is 12.9. The molecule has 4 nitrogen and oxygen atoms in total. The fourth-order valence-electron chi connectivity index (χ4n) is 2.00. The zero-order chi connectivity index (χ0) is 13.3. The molecular weight excluding hydrogens is 228 g/mol. The minimum absolute atomic E-state index is 0.347. The highest BCUT2D eigenvalue weighted by atomic mass is 16.4. The van der Waals surface area contributed by atoms with Gasteiger partial charge in [-0.25, -0.2) is 4.79 Å². The third kappa shape index (κ3) is 2.48. The van der Waals surface area contributed by atoms with E-state index in [0.29, 0.717) is 6.04 Å². The smallest absolute Gasteiger partial charge is 0.328 e. The minimum Gasteiger partial charge on any atom is -0.480 e. The minimum atomic E-state index is -0.994. The van der Waals surface area contributed by atoms with Crippen molar-refractivity contribution in [2.75, 3.05) is 19.0 Å². The van der Waals surface area contributed by atoms with Gasteiger partial charge in [0.1, 0.15) is 5.54 Å². The van der Waals surface area contributed by atoms with Crippen molar-refractivity contribution in [1.29, 1.82) is 0 Å². The number of nitrogens with zero attached hydrogens (tertiary/aromatic N) is 1. The number of hydrogen-bond acceptors (Lipinski definition) is 3. The molecule has 1 aliphatic rings. The molecule has 0 bridgehead atoms. The third-order valence-electron chi connectivity index (χ3n) is 3.46. The highest BCUT2D eigenvalue weighted by Crippen LogP contribution is 2.29. The summed E-state index contributed by atoms with van der Waals surface area (Å²) in [6.45, 7) is 1.73. The molecule has 0 aliphatic heterocycles. The van der Waals surface area contributed by atoms with Crippen LogP contribution in [0.1, 0.15) is 25.3 Å². The van der Waals surface area contributed by atoms with E-state index in [1.54, 1.807) is 6.92 Å². The summed E-state index contributed by atoms with van der Waals surface area (Å²) in [5.74, 6) is -0.827. The van der Waals surface area contributed by atoms with Gasteiger partial charge < -0.3 is 10.0 Å². The quantitative estimate of drug-likeness (QED) is 0.834. The maximum atomic E-state index is 11.5. The van der Waals surface area contributed by atoms with E-state index in [4.69, 9.17) is 0 Å². The Morgan fingerprint density at radius 2 is 1.89 bits per heavy atom. The number of carboxylic acids is 1. The van der Waals surface area contributed by atoms with Gasteiger partial charge in [-0.2, -0.15) is 0 Å². The van der Waals surface area contributed by atoms with E-state index in [1.807, 2.05) is 43.3 Å². The van der Waals surface area contributed by atoms with Crippen molar-refractivity contribution >= 4 is 11.7 Å². The van der Waals surface area contributed by atoms with Crippen LogP contribution in [0.25, 0.3) is 0 Å². The molecule has 18 heavy (non-hydrogen) atoms. The Morgan fingerprint density at radius 3 is 2.28 bits per heavy atom. The van der Waals surface area contributed by atoms with Gasteiger partial charge in [0.15, 0.2) is 0 Å². The summed E-state index contributed by atoms with van der Waals surface area (Å²) in [5, 5.41) is 12.7. The van der Waals surface area contributed by atoms with Gasteiger partial charge in [-0.05, 0) is 37.5 Å². The van der Waals surface area contributed by atoms with Crippen LogP contribution >= 0.6 is 0 Å². The van der Waals surface area contributed by atoms with E-state index in [0.717, 1.165) is 24.1 Å². The molecule has 1 fully saturated rings. The van der Waals surface area contributed by atoms with Gasteiger partial charge in [0.25, 0.3) is 0 Å². The van der Waals surface area contributed by atoms with Crippen LogP contribution < -0.4 is 10.2 Å². The first-order valence-corrected chi connectivity index (χ1v) is 6.22. The Hall–Kier alpha value is -1.55. The Labute approximate surface area is 108 Å². The normalized spacial score (nSPS) is 18.2. The molecule has 0 heterocycles. The van der Waals surface area contributed by atoms with Crippen LogP contribution in [0.3, 0.4) is 0 Å². The summed E-state index contributed by atoms with van der Waals surface area (Å²) in [5.41, 5.74) is 0.872. The number of rotatable bonds is 5. The summed E-state index contributed by atoms with van der Waals surface area (Å²) >= 11 is 0. The van der Waals surface area contributed by atoms with E-state index in [1.165, 1.54) is 0 Å². The third-order valence-corrected chi connectivity index (χ3v) is 3.46. The van der Waals surface area contributed by atoms with E-state index >= 15 is 0 Å². The van der Waals surface area contributed by atoms with Crippen LogP contribution in [0.2, 0.25) is 0 Å². The summed E-state index contributed by atoms with van der Waals surface area (Å²) in [7, 11) is 3.93. The molecule has 1 saturated carbocycles. The van der Waals surface area contributed by atoms with Crippen LogP contribution in [0.5, 0.6) is 0 Å². The van der Waals surface area contributed by atoms with Crippen LogP contribution in [0, 0.1) is 0 Å². The second-order valence-electron chi connectivity index (χ2n) is 5.29. The highest BCUT2D eigenvalue weighted by molar-refractivity contribution is 5.80. The Kier molecular flexibility index (Phi) is 3.30. The number of aliphatic carboxylic acids is 1. The van der Waals surface area contributed by atoms with Crippen molar-refractivity contribution in [1.82, 2.24) is 5.32 Å². The molecule has 4 heteroatoms. The molecule has 1 aliphatic carbocycles. The predicted octanol–water partition coefficient (Wildman–Crippen LogP) is 1.80. The van der Waals surface area contributed by atoms with Gasteiger partial charge in [-0.1, -0.05) is 12.1 Å². The number of anilines is 1. The lowest BCUT2D eigenvalue weighted by molar-refractivity contribution is -0.144. The Bertz CT molecular complexity index is 438. The first-order chi connectivity index (χ1) is 8.43. The van der Waals surface area contributed by atoms with E-state index in [-0.39, 0.29) is 0 Å². The van der Waals surface area contributed by atoms with Gasteiger partial charge in [-0.15, -0.1) is 0 Å². The number of carbonyl (C=O) groups is 1. The Morgan fingerprint density at radius 1 is 1.33 bits per heavy atom. The summed E-state index contributed by atoms with van der Waals surface area (Å²) in [6.07, 6.45) is 2.14. The van der Waals surface area contributed by atoms with Crippen molar-refractivity contribution in [2.24, 2.45) is 0 Å². The maximum absolute atomic E-state index is 11.5. The number of hydrogen-bond donors (Lipinski definition) is 2. The molecule has 0 saturated heterocycles. The lowest BCUT2D eigenvalue weighted by atomic mass is 9.91. The van der Waals surface area contributed by atoms with Gasteiger partial charge >= 0.3 is 5.97 Å². The van der Waals surface area contributed by atoms with Gasteiger partial charge in [-0.3, -0.25) is 5.32 Å². The SMILES string of the molecule is CN(C)c1ccc(C(C)(NC2CC2)C(=O)O)cc1. The lowest BCUT2D eigenvalue weighted by Crippen LogP contribution is -2.47. The predicted molar refractivity (Wildman–Crippen MR) is 71.9 cm³/mol. The van der Waals surface area contributed by atoms with Crippen molar-refractivity contribution < 1.29 is 9.90 Å². The van der Waals surface area contributed by atoms with Gasteiger partial charge in [0.2, 0.25) is 0 Å². The molecule has 1 aromatic carbocycles. The average molecular weight is 248 g/mol. The summed E-state index contributed by atoms with van der Waals surface area (Å²) < 4.78 is 0. The molecule has 1 aromatic rings. The molecule has 1 atom stereocenters. The molecule has 2 N–H and O–H groups in total. The van der Waals surface area contributed by atoms with E-state index in [2.05, 4.69) is 5.32 Å². The van der Waals surface area contributed by atoms with Gasteiger partial charge in [0.05, 0.1) is 0 Å². The second kappa shape index (κ2) is 4.61. The molecule has 2 rings (SSSR count). The van der Waals surface area contributed by atoms with E-state index < -0.39 is 11.5 Å². The number of carboxylic acid groups (broad SMARTS) is 1. The van der Waals surface area contributed by atoms with Crippen LogP contribution in [0.4, 0.5) is 5.69 Å². The monoisotopic (exact) mass is 248 g/mol. The fourth-order valence-corrected chi connectivity index (χ4v) is 2.00. The fraction of sp³-hybridized carbons (Fsp3) is 0.500. The molecule has 0 spiro atoms. The number of benzene rings is 1. The van der Waals surface area contributed by atoms with Gasteiger partial charge in [0, 0.05) is 25.8 Å². The van der Waals surface area contributed by atoms with E-state index in [9.17, 15) is 9.90 Å². The summed E-state index contributed by atoms with van der Waals surface area (Å²) in [4.78, 5) is 13.5. The highest BCUT2D eigenvalue weighted by Gasteiger charge is 2.39. The zero-order valence-corrected chi connectivity index (χ0v) is 11.1. The molecule has 0 amide bonds. The Balaban J connectivity index is 2.27. The lowest BCUT2D eigenvalue weighted by Gasteiger charge is -2.27. The molecule has 1 unspecified atom stereocenters. The van der Waals surface area contributed by atoms with Crippen molar-refractivity contribution in [2.45, 2.75) is 31.3 Å². The van der Waals surface area contributed by atoms with Crippen molar-refractivity contribution in [3.8, 4) is 0 Å². The average Bonchev–Trinajstić information content (AvgIpc) is 3.12. The maximum Gasteiger partial charge on any atom is 0.328 e. The van der Waals surface area contributed by atoms with Crippen LogP contribution in [0.15, 0.2) is 24.3 Å². The topological polar surface area (TPSA) is 52.6 Å². The largest absolute Gasteiger partial charge is 0.480 e. The zero-order valence-electron chi connectivity index (χ0n) is 11.1. The van der Waals surface area contributed by atoms with Crippen molar-refractivity contribution in [3.63, 3.8) is 0 Å².